The lowest BCUT2D eigenvalue weighted by molar-refractivity contribution is 0.310. The lowest BCUT2D eigenvalue weighted by Crippen LogP contribution is -2.27. The molecule has 5 nitrogen and oxygen atoms in total. The van der Waals surface area contributed by atoms with Crippen molar-refractivity contribution in [3.63, 3.8) is 0 Å². The number of aromatic nitrogens is 1. The maximum absolute atomic E-state index is 11.8. The second-order valence-corrected chi connectivity index (χ2v) is 6.87. The van der Waals surface area contributed by atoms with E-state index >= 15 is 0 Å². The highest BCUT2D eigenvalue weighted by molar-refractivity contribution is 7.91. The molecule has 0 aliphatic heterocycles. The van der Waals surface area contributed by atoms with Crippen LogP contribution in [0.3, 0.4) is 0 Å². The van der Waals surface area contributed by atoms with Crippen molar-refractivity contribution < 1.29 is 13.2 Å². The highest BCUT2D eigenvalue weighted by Crippen LogP contribution is 2.15. The molecule has 0 unspecified atom stereocenters. The average Bonchev–Trinajstić information content (AvgIpc) is 2.91. The zero-order chi connectivity index (χ0) is 13.7. The van der Waals surface area contributed by atoms with E-state index in [0.29, 0.717) is 10.9 Å². The van der Waals surface area contributed by atoms with E-state index in [1.165, 1.54) is 17.5 Å². The Morgan fingerprint density at radius 3 is 2.84 bits per heavy atom. The average molecular weight is 319 g/mol. The predicted molar refractivity (Wildman–Crippen MR) is 74.2 cm³/mol. The molecule has 0 amide bonds. The van der Waals surface area contributed by atoms with Gasteiger partial charge in [0.05, 0.1) is 5.02 Å². The Hall–Kier alpha value is -1.15. The van der Waals surface area contributed by atoms with Crippen LogP contribution in [0.4, 0.5) is 0 Å². The lowest BCUT2D eigenvalue weighted by atomic mass is 10.5. The van der Waals surface area contributed by atoms with Crippen LogP contribution in [0.2, 0.25) is 5.02 Å². The second kappa shape index (κ2) is 6.33. The fraction of sp³-hybridized carbons (Fsp3) is 0.182. The number of rotatable bonds is 6. The van der Waals surface area contributed by atoms with Gasteiger partial charge in [0.1, 0.15) is 10.8 Å². The Kier molecular flexibility index (Phi) is 4.76. The Bertz CT molecular complexity index is 612. The van der Waals surface area contributed by atoms with Gasteiger partial charge < -0.3 is 4.74 Å². The Labute approximate surface area is 120 Å². The first-order valence-electron chi connectivity index (χ1n) is 5.35. The molecule has 0 spiro atoms. The van der Waals surface area contributed by atoms with Gasteiger partial charge in [-0.2, -0.15) is 0 Å². The molecule has 0 aromatic carbocycles. The molecule has 102 valence electrons. The van der Waals surface area contributed by atoms with Crippen LogP contribution < -0.4 is 9.46 Å². The fourth-order valence-corrected chi connectivity index (χ4v) is 3.43. The van der Waals surface area contributed by atoms with E-state index in [1.54, 1.807) is 29.6 Å². The molecule has 2 aromatic heterocycles. The minimum absolute atomic E-state index is 0.171. The number of nitrogens with zero attached hydrogens (tertiary/aromatic N) is 1. The summed E-state index contributed by atoms with van der Waals surface area (Å²) in [6.45, 7) is 0.365. The molecule has 0 atom stereocenters. The summed E-state index contributed by atoms with van der Waals surface area (Å²) in [6, 6.07) is 6.51. The van der Waals surface area contributed by atoms with E-state index in [4.69, 9.17) is 16.3 Å². The minimum atomic E-state index is -3.43. The van der Waals surface area contributed by atoms with Crippen molar-refractivity contribution in [1.29, 1.82) is 0 Å². The number of pyridine rings is 1. The summed E-state index contributed by atoms with van der Waals surface area (Å²) < 4.78 is 31.5. The number of hydrogen-bond donors (Lipinski definition) is 1. The summed E-state index contributed by atoms with van der Waals surface area (Å²) >= 11 is 6.85. The van der Waals surface area contributed by atoms with Crippen molar-refractivity contribution in [2.24, 2.45) is 0 Å². The lowest BCUT2D eigenvalue weighted by Gasteiger charge is -2.06. The SMILES string of the molecule is O=S(=O)(NCCOc1ccc(Cl)cn1)c1cccs1. The van der Waals surface area contributed by atoms with Gasteiger partial charge in [0.25, 0.3) is 0 Å². The third-order valence-corrected chi connectivity index (χ3v) is 5.19. The monoisotopic (exact) mass is 318 g/mol. The van der Waals surface area contributed by atoms with Gasteiger partial charge >= 0.3 is 0 Å². The minimum Gasteiger partial charge on any atom is -0.476 e. The van der Waals surface area contributed by atoms with Crippen LogP contribution in [0.5, 0.6) is 5.88 Å². The van der Waals surface area contributed by atoms with Crippen molar-refractivity contribution in [1.82, 2.24) is 9.71 Å². The van der Waals surface area contributed by atoms with Gasteiger partial charge in [-0.3, -0.25) is 0 Å². The van der Waals surface area contributed by atoms with Crippen LogP contribution in [0.25, 0.3) is 0 Å². The van der Waals surface area contributed by atoms with E-state index < -0.39 is 10.0 Å². The molecule has 0 saturated heterocycles. The summed E-state index contributed by atoms with van der Waals surface area (Å²) in [6.07, 6.45) is 1.46. The first-order valence-corrected chi connectivity index (χ1v) is 8.09. The van der Waals surface area contributed by atoms with E-state index in [-0.39, 0.29) is 17.4 Å². The van der Waals surface area contributed by atoms with Crippen LogP contribution in [-0.2, 0) is 10.0 Å². The Balaban J connectivity index is 1.80. The predicted octanol–water partition coefficient (Wildman–Crippen LogP) is 2.15. The molecule has 19 heavy (non-hydrogen) atoms. The topological polar surface area (TPSA) is 68.3 Å². The molecule has 0 aliphatic carbocycles. The van der Waals surface area contributed by atoms with Crippen molar-refractivity contribution >= 4 is 33.0 Å². The van der Waals surface area contributed by atoms with E-state index in [2.05, 4.69) is 9.71 Å². The molecule has 0 fully saturated rings. The number of nitrogens with one attached hydrogen (secondary N) is 1. The third kappa shape index (κ3) is 4.17. The van der Waals surface area contributed by atoms with Gasteiger partial charge in [0.15, 0.2) is 0 Å². The van der Waals surface area contributed by atoms with Gasteiger partial charge in [-0.15, -0.1) is 11.3 Å². The van der Waals surface area contributed by atoms with Gasteiger partial charge in [-0.25, -0.2) is 18.1 Å². The standard InChI is InChI=1S/C11H11ClN2O3S2/c12-9-3-4-10(13-8-9)17-6-5-14-19(15,16)11-2-1-7-18-11/h1-4,7-8,14H,5-6H2. The number of halogens is 1. The highest BCUT2D eigenvalue weighted by atomic mass is 35.5. The molecule has 8 heteroatoms. The number of hydrogen-bond acceptors (Lipinski definition) is 5. The van der Waals surface area contributed by atoms with Crippen molar-refractivity contribution in [2.75, 3.05) is 13.2 Å². The Morgan fingerprint density at radius 1 is 1.37 bits per heavy atom. The zero-order valence-corrected chi connectivity index (χ0v) is 12.1. The van der Waals surface area contributed by atoms with Gasteiger partial charge in [0, 0.05) is 18.8 Å². The first-order chi connectivity index (χ1) is 9.08. The summed E-state index contributed by atoms with van der Waals surface area (Å²) in [4.78, 5) is 3.93. The van der Waals surface area contributed by atoms with E-state index in [9.17, 15) is 8.42 Å². The molecule has 0 aliphatic rings. The first kappa shape index (κ1) is 14.3. The zero-order valence-electron chi connectivity index (χ0n) is 9.74. The van der Waals surface area contributed by atoms with Crippen molar-refractivity contribution in [3.05, 3.63) is 40.9 Å². The molecular formula is C11H11ClN2O3S2. The van der Waals surface area contributed by atoms with Gasteiger partial charge in [-0.1, -0.05) is 17.7 Å². The normalized spacial score (nSPS) is 11.4. The quantitative estimate of drug-likeness (QED) is 0.829. The van der Waals surface area contributed by atoms with Crippen LogP contribution in [0.1, 0.15) is 0 Å². The Morgan fingerprint density at radius 2 is 2.21 bits per heavy atom. The summed E-state index contributed by atoms with van der Waals surface area (Å²) in [5.41, 5.74) is 0. The fourth-order valence-electron chi connectivity index (χ4n) is 1.27. The summed E-state index contributed by atoms with van der Waals surface area (Å²) in [7, 11) is -3.43. The number of thiophene rings is 1. The molecule has 2 aromatic rings. The van der Waals surface area contributed by atoms with Crippen molar-refractivity contribution in [3.8, 4) is 5.88 Å². The van der Waals surface area contributed by atoms with E-state index in [1.807, 2.05) is 0 Å². The summed E-state index contributed by atoms with van der Waals surface area (Å²) in [5, 5.41) is 2.23. The molecular weight excluding hydrogens is 308 g/mol. The number of ether oxygens (including phenoxy) is 1. The van der Waals surface area contributed by atoms with Crippen LogP contribution in [0, 0.1) is 0 Å². The molecule has 0 radical (unpaired) electrons. The maximum Gasteiger partial charge on any atom is 0.250 e. The van der Waals surface area contributed by atoms with Crippen LogP contribution in [-0.4, -0.2) is 26.6 Å². The molecule has 2 heterocycles. The van der Waals surface area contributed by atoms with Crippen LogP contribution >= 0.6 is 22.9 Å². The van der Waals surface area contributed by atoms with Gasteiger partial charge in [0.2, 0.25) is 15.9 Å². The highest BCUT2D eigenvalue weighted by Gasteiger charge is 2.13. The van der Waals surface area contributed by atoms with E-state index in [0.717, 1.165) is 0 Å². The van der Waals surface area contributed by atoms with Crippen molar-refractivity contribution in [2.45, 2.75) is 4.21 Å². The molecule has 2 rings (SSSR count). The summed E-state index contributed by atoms with van der Waals surface area (Å²) in [5.74, 6) is 0.403. The van der Waals surface area contributed by atoms with Crippen LogP contribution in [0.15, 0.2) is 40.1 Å². The molecule has 0 bridgehead atoms. The largest absolute Gasteiger partial charge is 0.476 e. The third-order valence-electron chi connectivity index (χ3n) is 2.10. The smallest absolute Gasteiger partial charge is 0.250 e. The number of sulfonamides is 1. The van der Waals surface area contributed by atoms with Gasteiger partial charge in [-0.05, 0) is 17.5 Å². The molecule has 1 N–H and O–H groups in total. The maximum atomic E-state index is 11.8. The second-order valence-electron chi connectivity index (χ2n) is 3.49. The molecule has 0 saturated carbocycles.